The molecule has 1 fully saturated rings. The van der Waals surface area contributed by atoms with Gasteiger partial charge < -0.3 is 10.4 Å². The molecule has 0 radical (unpaired) electrons. The van der Waals surface area contributed by atoms with Crippen molar-refractivity contribution in [1.29, 1.82) is 0 Å². The maximum Gasteiger partial charge on any atom is 0.237 e. The lowest BCUT2D eigenvalue weighted by Gasteiger charge is -2.27. The highest BCUT2D eigenvalue weighted by Gasteiger charge is 2.31. The van der Waals surface area contributed by atoms with Crippen LogP contribution in [0.5, 0.6) is 0 Å². The molecule has 2 rings (SSSR count). The Morgan fingerprint density at radius 3 is 3.10 bits per heavy atom. The summed E-state index contributed by atoms with van der Waals surface area (Å²) in [6, 6.07) is 1.88. The number of nitrogens with zero attached hydrogens (tertiary/aromatic N) is 1. The van der Waals surface area contributed by atoms with Crippen LogP contribution in [-0.2, 0) is 10.4 Å². The molecule has 1 aromatic rings. The largest absolute Gasteiger partial charge is 0.384 e. The van der Waals surface area contributed by atoms with E-state index in [1.165, 1.54) is 0 Å². The Labute approximate surface area is 124 Å². The van der Waals surface area contributed by atoms with Gasteiger partial charge in [-0.05, 0) is 61.7 Å². The highest BCUT2D eigenvalue weighted by molar-refractivity contribution is 7.08. The zero-order valence-corrected chi connectivity index (χ0v) is 13.1. The van der Waals surface area contributed by atoms with E-state index in [1.54, 1.807) is 18.3 Å². The average molecular weight is 296 g/mol. The SMILES string of the molecule is CCCN1CCCC1C(=O)NCC(C)(O)c1ccsc1. The predicted molar refractivity (Wildman–Crippen MR) is 81.8 cm³/mol. The van der Waals surface area contributed by atoms with E-state index < -0.39 is 5.60 Å². The number of carbonyl (C=O) groups is 1. The van der Waals surface area contributed by atoms with E-state index in [9.17, 15) is 9.90 Å². The lowest BCUT2D eigenvalue weighted by atomic mass is 9.99. The van der Waals surface area contributed by atoms with Crippen molar-refractivity contribution in [2.45, 2.75) is 44.8 Å². The lowest BCUT2D eigenvalue weighted by Crippen LogP contribution is -2.47. The van der Waals surface area contributed by atoms with Gasteiger partial charge in [-0.3, -0.25) is 9.69 Å². The highest BCUT2D eigenvalue weighted by Crippen LogP contribution is 2.23. The maximum absolute atomic E-state index is 12.3. The number of nitrogens with one attached hydrogen (secondary N) is 1. The molecule has 0 bridgehead atoms. The van der Waals surface area contributed by atoms with Gasteiger partial charge in [0.1, 0.15) is 5.60 Å². The Bertz CT molecular complexity index is 431. The Morgan fingerprint density at radius 2 is 2.45 bits per heavy atom. The van der Waals surface area contributed by atoms with Gasteiger partial charge in [-0.1, -0.05) is 6.92 Å². The average Bonchev–Trinajstić information content (AvgIpc) is 3.07. The molecule has 1 aliphatic rings. The minimum absolute atomic E-state index is 0.0202. The Morgan fingerprint density at radius 1 is 1.65 bits per heavy atom. The maximum atomic E-state index is 12.3. The quantitative estimate of drug-likeness (QED) is 0.843. The molecule has 20 heavy (non-hydrogen) atoms. The molecule has 0 aliphatic carbocycles. The lowest BCUT2D eigenvalue weighted by molar-refractivity contribution is -0.126. The second kappa shape index (κ2) is 6.70. The van der Waals surface area contributed by atoms with Crippen LogP contribution in [0.1, 0.15) is 38.7 Å². The van der Waals surface area contributed by atoms with E-state index in [2.05, 4.69) is 17.1 Å². The minimum Gasteiger partial charge on any atom is -0.384 e. The van der Waals surface area contributed by atoms with Crippen molar-refractivity contribution >= 4 is 17.2 Å². The summed E-state index contributed by atoms with van der Waals surface area (Å²) < 4.78 is 0. The van der Waals surface area contributed by atoms with Crippen molar-refractivity contribution in [2.75, 3.05) is 19.6 Å². The van der Waals surface area contributed by atoms with Crippen molar-refractivity contribution < 1.29 is 9.90 Å². The van der Waals surface area contributed by atoms with Crippen LogP contribution in [0.25, 0.3) is 0 Å². The molecule has 1 aromatic heterocycles. The van der Waals surface area contributed by atoms with Crippen molar-refractivity contribution in [3.05, 3.63) is 22.4 Å². The van der Waals surface area contributed by atoms with Gasteiger partial charge in [0.25, 0.3) is 0 Å². The second-order valence-electron chi connectivity index (χ2n) is 5.70. The standard InChI is InChI=1S/C15H24N2O2S/c1-3-7-17-8-4-5-13(17)14(18)16-11-15(2,19)12-6-9-20-10-12/h6,9-10,13,19H,3-5,7-8,11H2,1-2H3,(H,16,18). The molecule has 1 saturated heterocycles. The second-order valence-corrected chi connectivity index (χ2v) is 6.48. The molecule has 0 aromatic carbocycles. The third kappa shape index (κ3) is 3.59. The monoisotopic (exact) mass is 296 g/mol. The summed E-state index contributed by atoms with van der Waals surface area (Å²) in [6.07, 6.45) is 3.07. The summed E-state index contributed by atoms with van der Waals surface area (Å²) in [7, 11) is 0. The fourth-order valence-corrected chi connectivity index (χ4v) is 3.51. The normalized spacial score (nSPS) is 22.6. The van der Waals surface area contributed by atoms with Crippen LogP contribution in [0, 0.1) is 0 Å². The van der Waals surface area contributed by atoms with E-state index in [4.69, 9.17) is 0 Å². The molecular weight excluding hydrogens is 272 g/mol. The van der Waals surface area contributed by atoms with E-state index in [-0.39, 0.29) is 18.5 Å². The number of hydrogen-bond acceptors (Lipinski definition) is 4. The minimum atomic E-state index is -0.996. The van der Waals surface area contributed by atoms with E-state index in [0.29, 0.717) is 0 Å². The van der Waals surface area contributed by atoms with Gasteiger partial charge in [0, 0.05) is 0 Å². The molecule has 1 aliphatic heterocycles. The fourth-order valence-electron chi connectivity index (χ4n) is 2.73. The van der Waals surface area contributed by atoms with E-state index in [0.717, 1.165) is 37.9 Å². The summed E-state index contributed by atoms with van der Waals surface area (Å²) in [4.78, 5) is 14.5. The topological polar surface area (TPSA) is 52.6 Å². The number of thiophene rings is 1. The number of rotatable bonds is 6. The van der Waals surface area contributed by atoms with Crippen LogP contribution in [0.3, 0.4) is 0 Å². The van der Waals surface area contributed by atoms with Crippen LogP contribution in [0.15, 0.2) is 16.8 Å². The summed E-state index contributed by atoms with van der Waals surface area (Å²) in [5, 5.41) is 17.2. The third-order valence-electron chi connectivity index (χ3n) is 3.93. The number of amides is 1. The molecular formula is C15H24N2O2S. The summed E-state index contributed by atoms with van der Waals surface area (Å²) in [5.74, 6) is 0.0476. The van der Waals surface area contributed by atoms with Crippen LogP contribution in [-0.4, -0.2) is 41.6 Å². The van der Waals surface area contributed by atoms with Gasteiger partial charge >= 0.3 is 0 Å². The third-order valence-corrected chi connectivity index (χ3v) is 4.61. The first-order valence-electron chi connectivity index (χ1n) is 7.31. The zero-order valence-electron chi connectivity index (χ0n) is 12.3. The molecule has 2 N–H and O–H groups in total. The highest BCUT2D eigenvalue weighted by atomic mass is 32.1. The number of hydrogen-bond donors (Lipinski definition) is 2. The summed E-state index contributed by atoms with van der Waals surface area (Å²) in [6.45, 7) is 6.12. The van der Waals surface area contributed by atoms with Crippen molar-refractivity contribution in [3.63, 3.8) is 0 Å². The van der Waals surface area contributed by atoms with E-state index >= 15 is 0 Å². The molecule has 2 heterocycles. The van der Waals surface area contributed by atoms with Gasteiger partial charge in [0.2, 0.25) is 5.91 Å². The Balaban J connectivity index is 1.89. The number of aliphatic hydroxyl groups is 1. The summed E-state index contributed by atoms with van der Waals surface area (Å²) >= 11 is 1.55. The Hall–Kier alpha value is -0.910. The van der Waals surface area contributed by atoms with Gasteiger partial charge in [-0.15, -0.1) is 0 Å². The summed E-state index contributed by atoms with van der Waals surface area (Å²) in [5.41, 5.74) is -0.135. The Kier molecular flexibility index (Phi) is 5.18. The van der Waals surface area contributed by atoms with Crippen LogP contribution in [0.2, 0.25) is 0 Å². The fraction of sp³-hybridized carbons (Fsp3) is 0.667. The smallest absolute Gasteiger partial charge is 0.237 e. The predicted octanol–water partition coefficient (Wildman–Crippen LogP) is 1.95. The molecule has 2 unspecified atom stereocenters. The molecule has 0 saturated carbocycles. The molecule has 5 heteroatoms. The first kappa shape index (κ1) is 15.5. The first-order valence-corrected chi connectivity index (χ1v) is 8.25. The van der Waals surface area contributed by atoms with Crippen molar-refractivity contribution in [1.82, 2.24) is 10.2 Å². The zero-order chi connectivity index (χ0) is 14.6. The molecule has 1 amide bonds. The van der Waals surface area contributed by atoms with Gasteiger partial charge in [0.05, 0.1) is 12.6 Å². The molecule has 0 spiro atoms. The first-order chi connectivity index (χ1) is 9.54. The van der Waals surface area contributed by atoms with Gasteiger partial charge in [-0.2, -0.15) is 11.3 Å². The molecule has 4 nitrogen and oxygen atoms in total. The van der Waals surface area contributed by atoms with Crippen LogP contribution < -0.4 is 5.32 Å². The molecule has 112 valence electrons. The van der Waals surface area contributed by atoms with Crippen LogP contribution in [0.4, 0.5) is 0 Å². The van der Waals surface area contributed by atoms with Crippen molar-refractivity contribution in [3.8, 4) is 0 Å². The van der Waals surface area contributed by atoms with E-state index in [1.807, 2.05) is 16.8 Å². The van der Waals surface area contributed by atoms with Gasteiger partial charge in [0.15, 0.2) is 0 Å². The number of likely N-dealkylation sites (tertiary alicyclic amines) is 1. The molecule has 2 atom stereocenters. The van der Waals surface area contributed by atoms with Crippen molar-refractivity contribution in [2.24, 2.45) is 0 Å². The number of carbonyl (C=O) groups excluding carboxylic acids is 1. The van der Waals surface area contributed by atoms with Gasteiger partial charge in [-0.25, -0.2) is 0 Å². The van der Waals surface area contributed by atoms with Crippen LogP contribution >= 0.6 is 11.3 Å².